The fourth-order valence-electron chi connectivity index (χ4n) is 2.93. The summed E-state index contributed by atoms with van der Waals surface area (Å²) in [4.78, 5) is 30.8. The fraction of sp³-hybridized carbons (Fsp3) is 0.722. The number of aromatic nitrogens is 1. The smallest absolute Gasteiger partial charge is 0.259 e. The molecule has 0 saturated carbocycles. The molecule has 2 heterocycles. The van der Waals surface area contributed by atoms with Crippen LogP contribution in [-0.4, -0.2) is 78.5 Å². The van der Waals surface area contributed by atoms with E-state index in [1.165, 1.54) is 0 Å². The van der Waals surface area contributed by atoms with Gasteiger partial charge in [-0.3, -0.25) is 9.59 Å². The van der Waals surface area contributed by atoms with E-state index in [1.54, 1.807) is 11.8 Å². The molecule has 1 aromatic heterocycles. The van der Waals surface area contributed by atoms with Gasteiger partial charge in [0, 0.05) is 44.6 Å². The van der Waals surface area contributed by atoms with E-state index in [2.05, 4.69) is 5.16 Å². The SMILES string of the molecule is Cc1onc(C(C)(C)C)c1C(=O)N1CCN(C(=O)CCN(C)C)CC1. The zero-order valence-corrected chi connectivity index (χ0v) is 16.3. The highest BCUT2D eigenvalue weighted by molar-refractivity contribution is 5.96. The van der Waals surface area contributed by atoms with Crippen LogP contribution in [0.1, 0.15) is 49.0 Å². The summed E-state index contributed by atoms with van der Waals surface area (Å²) in [6.45, 7) is 10.8. The zero-order chi connectivity index (χ0) is 18.8. The van der Waals surface area contributed by atoms with Gasteiger partial charge in [-0.05, 0) is 21.0 Å². The molecule has 2 rings (SSSR count). The summed E-state index contributed by atoms with van der Waals surface area (Å²) < 4.78 is 5.28. The molecule has 0 atom stereocenters. The maximum absolute atomic E-state index is 13.0. The third-order valence-electron chi connectivity index (χ3n) is 4.48. The van der Waals surface area contributed by atoms with E-state index in [4.69, 9.17) is 4.52 Å². The lowest BCUT2D eigenvalue weighted by atomic mass is 9.88. The highest BCUT2D eigenvalue weighted by atomic mass is 16.5. The topological polar surface area (TPSA) is 69.9 Å². The number of piperazine rings is 1. The predicted molar refractivity (Wildman–Crippen MR) is 95.6 cm³/mol. The van der Waals surface area contributed by atoms with Crippen molar-refractivity contribution >= 4 is 11.8 Å². The highest BCUT2D eigenvalue weighted by Crippen LogP contribution is 2.28. The van der Waals surface area contributed by atoms with Crippen LogP contribution in [0.25, 0.3) is 0 Å². The summed E-state index contributed by atoms with van der Waals surface area (Å²) in [5.41, 5.74) is 1.01. The van der Waals surface area contributed by atoms with Crippen LogP contribution >= 0.6 is 0 Å². The monoisotopic (exact) mass is 350 g/mol. The van der Waals surface area contributed by atoms with Crippen LogP contribution in [0.4, 0.5) is 0 Å². The van der Waals surface area contributed by atoms with E-state index in [0.29, 0.717) is 49.6 Å². The first-order valence-electron chi connectivity index (χ1n) is 8.79. The van der Waals surface area contributed by atoms with Gasteiger partial charge >= 0.3 is 0 Å². The Morgan fingerprint density at radius 3 is 2.20 bits per heavy atom. The number of rotatable bonds is 4. The number of aryl methyl sites for hydroxylation is 1. The van der Waals surface area contributed by atoms with Crippen molar-refractivity contribution in [2.24, 2.45) is 0 Å². The maximum Gasteiger partial charge on any atom is 0.259 e. The first-order valence-corrected chi connectivity index (χ1v) is 8.79. The number of carbonyl (C=O) groups excluding carboxylic acids is 2. The van der Waals surface area contributed by atoms with Crippen molar-refractivity contribution in [3.63, 3.8) is 0 Å². The molecule has 1 fully saturated rings. The molecule has 7 heteroatoms. The molecule has 1 aliphatic rings. The van der Waals surface area contributed by atoms with Crippen LogP contribution in [-0.2, 0) is 10.2 Å². The Balaban J connectivity index is 2.01. The molecule has 1 aromatic rings. The van der Waals surface area contributed by atoms with Crippen LogP contribution in [0, 0.1) is 6.92 Å². The van der Waals surface area contributed by atoms with Gasteiger partial charge in [0.05, 0.1) is 0 Å². The summed E-state index contributed by atoms with van der Waals surface area (Å²) in [5, 5.41) is 4.10. The van der Waals surface area contributed by atoms with E-state index >= 15 is 0 Å². The Labute approximate surface area is 149 Å². The zero-order valence-electron chi connectivity index (χ0n) is 16.3. The molecule has 7 nitrogen and oxygen atoms in total. The van der Waals surface area contributed by atoms with Crippen LogP contribution < -0.4 is 0 Å². The molecule has 2 amide bonds. The number of carbonyl (C=O) groups is 2. The second kappa shape index (κ2) is 7.56. The number of hydrogen-bond acceptors (Lipinski definition) is 5. The first-order chi connectivity index (χ1) is 11.6. The van der Waals surface area contributed by atoms with Gasteiger partial charge in [-0.25, -0.2) is 0 Å². The van der Waals surface area contributed by atoms with Gasteiger partial charge in [-0.2, -0.15) is 0 Å². The van der Waals surface area contributed by atoms with Gasteiger partial charge in [0.15, 0.2) is 0 Å². The number of nitrogens with zero attached hydrogens (tertiary/aromatic N) is 4. The summed E-state index contributed by atoms with van der Waals surface area (Å²) in [6, 6.07) is 0. The molecule has 25 heavy (non-hydrogen) atoms. The Bertz CT molecular complexity index is 623. The van der Waals surface area contributed by atoms with Crippen LogP contribution in [0.5, 0.6) is 0 Å². The van der Waals surface area contributed by atoms with Gasteiger partial charge < -0.3 is 19.2 Å². The molecule has 0 aliphatic carbocycles. The normalized spacial score (nSPS) is 15.8. The minimum absolute atomic E-state index is 0.0518. The molecule has 1 aliphatic heterocycles. The Kier molecular flexibility index (Phi) is 5.87. The standard InChI is InChI=1S/C18H30N4O3/c1-13-15(16(19-25-13)18(2,3)4)17(24)22-11-9-21(10-12-22)14(23)7-8-20(5)6/h7-12H2,1-6H3. The van der Waals surface area contributed by atoms with E-state index < -0.39 is 0 Å². The van der Waals surface area contributed by atoms with Crippen molar-refractivity contribution in [1.82, 2.24) is 19.9 Å². The largest absolute Gasteiger partial charge is 0.361 e. The predicted octanol–water partition coefficient (Wildman–Crippen LogP) is 1.52. The number of hydrogen-bond donors (Lipinski definition) is 0. The van der Waals surface area contributed by atoms with Crippen molar-refractivity contribution < 1.29 is 14.1 Å². The van der Waals surface area contributed by atoms with Crippen LogP contribution in [0.2, 0.25) is 0 Å². The van der Waals surface area contributed by atoms with Crippen molar-refractivity contribution in [3.05, 3.63) is 17.0 Å². The lowest BCUT2D eigenvalue weighted by Crippen LogP contribution is -2.51. The molecule has 0 bridgehead atoms. The van der Waals surface area contributed by atoms with Crippen molar-refractivity contribution in [2.45, 2.75) is 39.5 Å². The molecule has 0 N–H and O–H groups in total. The van der Waals surface area contributed by atoms with Gasteiger partial charge in [-0.1, -0.05) is 25.9 Å². The Morgan fingerprint density at radius 2 is 1.68 bits per heavy atom. The Morgan fingerprint density at radius 1 is 1.12 bits per heavy atom. The third-order valence-corrected chi connectivity index (χ3v) is 4.48. The van der Waals surface area contributed by atoms with Crippen molar-refractivity contribution in [1.29, 1.82) is 0 Å². The van der Waals surface area contributed by atoms with E-state index in [0.717, 1.165) is 6.54 Å². The van der Waals surface area contributed by atoms with E-state index in [9.17, 15) is 9.59 Å². The molecule has 0 aromatic carbocycles. The van der Waals surface area contributed by atoms with E-state index in [-0.39, 0.29) is 17.2 Å². The van der Waals surface area contributed by atoms with Gasteiger partial charge in [0.2, 0.25) is 5.91 Å². The first kappa shape index (κ1) is 19.4. The quantitative estimate of drug-likeness (QED) is 0.823. The lowest BCUT2D eigenvalue weighted by molar-refractivity contribution is -0.132. The summed E-state index contributed by atoms with van der Waals surface area (Å²) in [7, 11) is 3.91. The number of amides is 2. The minimum Gasteiger partial charge on any atom is -0.361 e. The highest BCUT2D eigenvalue weighted by Gasteiger charge is 2.33. The lowest BCUT2D eigenvalue weighted by Gasteiger charge is -2.35. The average molecular weight is 350 g/mol. The summed E-state index contributed by atoms with van der Waals surface area (Å²) in [6.07, 6.45) is 0.514. The van der Waals surface area contributed by atoms with Crippen molar-refractivity contribution in [3.8, 4) is 0 Å². The molecule has 1 saturated heterocycles. The maximum atomic E-state index is 13.0. The van der Waals surface area contributed by atoms with E-state index in [1.807, 2.05) is 44.7 Å². The van der Waals surface area contributed by atoms with Crippen LogP contribution in [0.15, 0.2) is 4.52 Å². The fourth-order valence-corrected chi connectivity index (χ4v) is 2.93. The Hall–Kier alpha value is -1.89. The molecule has 0 spiro atoms. The summed E-state index contributed by atoms with van der Waals surface area (Å²) >= 11 is 0. The van der Waals surface area contributed by atoms with Crippen LogP contribution in [0.3, 0.4) is 0 Å². The van der Waals surface area contributed by atoms with Gasteiger partial charge in [-0.15, -0.1) is 0 Å². The molecule has 0 unspecified atom stereocenters. The molecule has 140 valence electrons. The van der Waals surface area contributed by atoms with Crippen molar-refractivity contribution in [2.75, 3.05) is 46.8 Å². The molecular formula is C18H30N4O3. The second-order valence-corrected chi connectivity index (χ2v) is 7.94. The molecule has 0 radical (unpaired) electrons. The summed E-state index contributed by atoms with van der Waals surface area (Å²) in [5.74, 6) is 0.654. The third kappa shape index (κ3) is 4.60. The average Bonchev–Trinajstić information content (AvgIpc) is 2.94. The minimum atomic E-state index is -0.257. The molecular weight excluding hydrogens is 320 g/mol. The second-order valence-electron chi connectivity index (χ2n) is 7.94. The van der Waals surface area contributed by atoms with Gasteiger partial charge in [0.25, 0.3) is 5.91 Å². The van der Waals surface area contributed by atoms with Gasteiger partial charge in [0.1, 0.15) is 17.0 Å².